The standard InChI is InChI=1S/C10H10ClFO2/c11-4-1-5-14-10-3-2-9(12)6-8(10)7-13/h1-4,6,13H,5,7H2/b4-1+. The van der Waals surface area contributed by atoms with Crippen LogP contribution in [-0.2, 0) is 6.61 Å². The predicted molar refractivity (Wildman–Crippen MR) is 52.8 cm³/mol. The fourth-order valence-corrected chi connectivity index (χ4v) is 1.06. The fourth-order valence-electron chi connectivity index (χ4n) is 0.987. The summed E-state index contributed by atoms with van der Waals surface area (Å²) < 4.78 is 17.9. The highest BCUT2D eigenvalue weighted by Crippen LogP contribution is 2.19. The maximum Gasteiger partial charge on any atom is 0.125 e. The highest BCUT2D eigenvalue weighted by molar-refractivity contribution is 6.25. The molecule has 0 fully saturated rings. The van der Waals surface area contributed by atoms with Gasteiger partial charge >= 0.3 is 0 Å². The van der Waals surface area contributed by atoms with Crippen LogP contribution in [0.1, 0.15) is 5.56 Å². The van der Waals surface area contributed by atoms with Crippen LogP contribution in [0.15, 0.2) is 29.8 Å². The van der Waals surface area contributed by atoms with Crippen molar-refractivity contribution in [1.29, 1.82) is 0 Å². The van der Waals surface area contributed by atoms with Crippen molar-refractivity contribution in [2.45, 2.75) is 6.61 Å². The number of halogens is 2. The largest absolute Gasteiger partial charge is 0.489 e. The molecule has 0 saturated heterocycles. The molecule has 2 nitrogen and oxygen atoms in total. The Kier molecular flexibility index (Phi) is 4.43. The van der Waals surface area contributed by atoms with Gasteiger partial charge in [0.2, 0.25) is 0 Å². The van der Waals surface area contributed by atoms with E-state index in [1.807, 2.05) is 0 Å². The predicted octanol–water partition coefficient (Wildman–Crippen LogP) is 2.45. The molecule has 0 radical (unpaired) electrons. The highest BCUT2D eigenvalue weighted by atomic mass is 35.5. The zero-order valence-corrected chi connectivity index (χ0v) is 8.17. The average Bonchev–Trinajstić information content (AvgIpc) is 2.20. The van der Waals surface area contributed by atoms with Crippen LogP contribution in [0, 0.1) is 5.82 Å². The first-order valence-electron chi connectivity index (χ1n) is 4.05. The Hall–Kier alpha value is -1.06. The molecule has 0 unspecified atom stereocenters. The Morgan fingerprint density at radius 2 is 2.29 bits per heavy atom. The van der Waals surface area contributed by atoms with Crippen LogP contribution in [0.4, 0.5) is 4.39 Å². The second-order valence-electron chi connectivity index (χ2n) is 2.58. The first kappa shape index (κ1) is 11.0. The molecule has 4 heteroatoms. The minimum atomic E-state index is -0.394. The zero-order chi connectivity index (χ0) is 10.4. The summed E-state index contributed by atoms with van der Waals surface area (Å²) in [6.45, 7) is 0.0415. The molecule has 0 atom stereocenters. The van der Waals surface area contributed by atoms with Crippen molar-refractivity contribution in [2.24, 2.45) is 0 Å². The number of benzene rings is 1. The van der Waals surface area contributed by atoms with Crippen LogP contribution in [-0.4, -0.2) is 11.7 Å². The summed E-state index contributed by atoms with van der Waals surface area (Å²) in [5.41, 5.74) is 1.76. The minimum absolute atomic E-state index is 0.252. The second-order valence-corrected chi connectivity index (χ2v) is 2.83. The van der Waals surface area contributed by atoms with Gasteiger partial charge in [0.15, 0.2) is 0 Å². The van der Waals surface area contributed by atoms with Crippen molar-refractivity contribution in [3.63, 3.8) is 0 Å². The first-order chi connectivity index (χ1) is 6.77. The van der Waals surface area contributed by atoms with Gasteiger partial charge in [0.05, 0.1) is 6.61 Å². The van der Waals surface area contributed by atoms with E-state index in [0.29, 0.717) is 17.9 Å². The fraction of sp³-hybridized carbons (Fsp3) is 0.200. The van der Waals surface area contributed by atoms with E-state index in [1.165, 1.54) is 23.7 Å². The Morgan fingerprint density at radius 3 is 2.93 bits per heavy atom. The van der Waals surface area contributed by atoms with Crippen molar-refractivity contribution in [2.75, 3.05) is 6.61 Å². The zero-order valence-electron chi connectivity index (χ0n) is 7.41. The number of aliphatic hydroxyl groups excluding tert-OH is 1. The molecule has 1 aromatic carbocycles. The molecule has 0 aliphatic rings. The third-order valence-corrected chi connectivity index (χ3v) is 1.80. The van der Waals surface area contributed by atoms with Gasteiger partial charge in [0.1, 0.15) is 18.2 Å². The molecule has 1 rings (SSSR count). The molecule has 0 aliphatic heterocycles. The van der Waals surface area contributed by atoms with Crippen LogP contribution in [0.3, 0.4) is 0 Å². The summed E-state index contributed by atoms with van der Waals surface area (Å²) in [7, 11) is 0. The van der Waals surface area contributed by atoms with Gasteiger partial charge in [-0.05, 0) is 24.3 Å². The van der Waals surface area contributed by atoms with Crippen LogP contribution in [0.5, 0.6) is 5.75 Å². The van der Waals surface area contributed by atoms with E-state index >= 15 is 0 Å². The summed E-state index contributed by atoms with van der Waals surface area (Å²) >= 11 is 5.30. The third kappa shape index (κ3) is 3.01. The Labute approximate surface area is 86.6 Å². The Morgan fingerprint density at radius 1 is 1.50 bits per heavy atom. The Balaban J connectivity index is 2.74. The molecule has 0 heterocycles. The van der Waals surface area contributed by atoms with Gasteiger partial charge in [0.25, 0.3) is 0 Å². The summed E-state index contributed by atoms with van der Waals surface area (Å²) in [6, 6.07) is 3.99. The van der Waals surface area contributed by atoms with Gasteiger partial charge in [0, 0.05) is 11.1 Å². The van der Waals surface area contributed by atoms with Crippen LogP contribution in [0.2, 0.25) is 0 Å². The average molecular weight is 217 g/mol. The SMILES string of the molecule is OCc1cc(F)ccc1OC/C=C/Cl. The minimum Gasteiger partial charge on any atom is -0.489 e. The number of rotatable bonds is 4. The summed E-state index contributed by atoms with van der Waals surface area (Å²) in [5.74, 6) is 0.0675. The molecule has 0 saturated carbocycles. The maximum absolute atomic E-state index is 12.7. The van der Waals surface area contributed by atoms with E-state index in [-0.39, 0.29) is 6.61 Å². The lowest BCUT2D eigenvalue weighted by molar-refractivity contribution is 0.269. The van der Waals surface area contributed by atoms with E-state index in [4.69, 9.17) is 21.4 Å². The quantitative estimate of drug-likeness (QED) is 0.838. The molecule has 0 spiro atoms. The van der Waals surface area contributed by atoms with Crippen molar-refractivity contribution < 1.29 is 14.2 Å². The number of hydrogen-bond acceptors (Lipinski definition) is 2. The molecule has 14 heavy (non-hydrogen) atoms. The van der Waals surface area contributed by atoms with E-state index in [2.05, 4.69) is 0 Å². The van der Waals surface area contributed by atoms with Crippen LogP contribution < -0.4 is 4.74 Å². The molecule has 0 aliphatic carbocycles. The summed E-state index contributed by atoms with van der Waals surface area (Å²) in [5, 5.41) is 8.91. The van der Waals surface area contributed by atoms with Crippen LogP contribution >= 0.6 is 11.6 Å². The van der Waals surface area contributed by atoms with Gasteiger partial charge in [-0.25, -0.2) is 4.39 Å². The smallest absolute Gasteiger partial charge is 0.125 e. The molecular formula is C10H10ClFO2. The van der Waals surface area contributed by atoms with Gasteiger partial charge in [-0.3, -0.25) is 0 Å². The molecule has 0 bridgehead atoms. The number of ether oxygens (including phenoxy) is 1. The number of hydrogen-bond donors (Lipinski definition) is 1. The lowest BCUT2D eigenvalue weighted by Crippen LogP contribution is -1.98. The number of aliphatic hydroxyl groups is 1. The van der Waals surface area contributed by atoms with Crippen molar-refractivity contribution in [3.05, 3.63) is 41.2 Å². The molecule has 1 aromatic rings. The first-order valence-corrected chi connectivity index (χ1v) is 4.49. The molecular weight excluding hydrogens is 207 g/mol. The van der Waals surface area contributed by atoms with Crippen molar-refractivity contribution >= 4 is 11.6 Å². The molecule has 76 valence electrons. The van der Waals surface area contributed by atoms with Gasteiger partial charge in [-0.1, -0.05) is 11.6 Å². The highest BCUT2D eigenvalue weighted by Gasteiger charge is 2.03. The van der Waals surface area contributed by atoms with Crippen LogP contribution in [0.25, 0.3) is 0 Å². The van der Waals surface area contributed by atoms with Crippen molar-refractivity contribution in [1.82, 2.24) is 0 Å². The summed E-state index contributed by atoms with van der Waals surface area (Å²) in [4.78, 5) is 0. The normalized spacial score (nSPS) is 10.8. The second kappa shape index (κ2) is 5.62. The lowest BCUT2D eigenvalue weighted by atomic mass is 10.2. The third-order valence-electron chi connectivity index (χ3n) is 1.62. The molecule has 0 amide bonds. The monoisotopic (exact) mass is 216 g/mol. The van der Waals surface area contributed by atoms with Gasteiger partial charge in [-0.2, -0.15) is 0 Å². The molecule has 0 aromatic heterocycles. The maximum atomic E-state index is 12.7. The topological polar surface area (TPSA) is 29.5 Å². The Bertz CT molecular complexity index is 326. The van der Waals surface area contributed by atoms with Gasteiger partial charge < -0.3 is 9.84 Å². The van der Waals surface area contributed by atoms with E-state index < -0.39 is 5.82 Å². The van der Waals surface area contributed by atoms with E-state index in [1.54, 1.807) is 6.08 Å². The van der Waals surface area contributed by atoms with E-state index in [0.717, 1.165) is 0 Å². The van der Waals surface area contributed by atoms with Crippen molar-refractivity contribution in [3.8, 4) is 5.75 Å². The summed E-state index contributed by atoms with van der Waals surface area (Å²) in [6.07, 6.45) is 1.60. The molecule has 1 N–H and O–H groups in total. The van der Waals surface area contributed by atoms with Gasteiger partial charge in [-0.15, -0.1) is 0 Å². The lowest BCUT2D eigenvalue weighted by Gasteiger charge is -2.07. The van der Waals surface area contributed by atoms with E-state index in [9.17, 15) is 4.39 Å².